The monoisotopic (exact) mass is 475 g/mol. The molecule has 1 heterocycles. The Hall–Kier alpha value is -4.84. The van der Waals surface area contributed by atoms with E-state index >= 15 is 0 Å². The molecule has 0 radical (unpaired) electrons. The second-order valence-electron chi connectivity index (χ2n) is 8.47. The molecule has 1 aliphatic heterocycles. The highest BCUT2D eigenvalue weighted by Crippen LogP contribution is 2.30. The van der Waals surface area contributed by atoms with Crippen molar-refractivity contribution in [2.24, 2.45) is 0 Å². The first-order valence-electron chi connectivity index (χ1n) is 11.4. The summed E-state index contributed by atoms with van der Waals surface area (Å²) in [5.41, 5.74) is 2.94. The van der Waals surface area contributed by atoms with Crippen LogP contribution in [0.25, 0.3) is 0 Å². The normalized spacial score (nSPS) is 13.3. The molecule has 0 saturated carbocycles. The zero-order valence-corrected chi connectivity index (χ0v) is 19.4. The highest BCUT2D eigenvalue weighted by Gasteiger charge is 2.36. The molecule has 0 aromatic heterocycles. The van der Waals surface area contributed by atoms with Crippen molar-refractivity contribution in [2.45, 2.75) is 13.0 Å². The van der Waals surface area contributed by atoms with Crippen molar-refractivity contribution in [1.82, 2.24) is 0 Å². The van der Waals surface area contributed by atoms with Gasteiger partial charge in [-0.2, -0.15) is 0 Å². The van der Waals surface area contributed by atoms with E-state index in [1.54, 1.807) is 72.8 Å². The molecular weight excluding hydrogens is 454 g/mol. The quantitative estimate of drug-likeness (QED) is 0.207. The van der Waals surface area contributed by atoms with Crippen molar-refractivity contribution in [1.29, 1.82) is 0 Å². The Kier molecular flexibility index (Phi) is 6.00. The van der Waals surface area contributed by atoms with Gasteiger partial charge in [0.1, 0.15) is 0 Å². The topological polar surface area (TPSA) is 80.8 Å². The molecule has 0 saturated heterocycles. The lowest BCUT2D eigenvalue weighted by Gasteiger charge is -2.19. The average Bonchev–Trinajstić information content (AvgIpc) is 3.17. The van der Waals surface area contributed by atoms with E-state index in [9.17, 15) is 19.2 Å². The number of ketones is 1. The van der Waals surface area contributed by atoms with Crippen LogP contribution >= 0.6 is 0 Å². The third kappa shape index (κ3) is 4.20. The van der Waals surface area contributed by atoms with Crippen LogP contribution in [0.15, 0.2) is 103 Å². The van der Waals surface area contributed by atoms with Gasteiger partial charge in [0.25, 0.3) is 11.8 Å². The van der Waals surface area contributed by atoms with E-state index in [1.807, 2.05) is 25.1 Å². The van der Waals surface area contributed by atoms with E-state index in [4.69, 9.17) is 4.74 Å². The Morgan fingerprint density at radius 2 is 1.31 bits per heavy atom. The second kappa shape index (κ2) is 9.43. The van der Waals surface area contributed by atoms with Gasteiger partial charge in [0.2, 0.25) is 5.78 Å². The van der Waals surface area contributed by atoms with Crippen molar-refractivity contribution in [2.75, 3.05) is 4.90 Å². The molecule has 0 fully saturated rings. The maximum Gasteiger partial charge on any atom is 0.339 e. The number of ether oxygens (including phenoxy) is 1. The maximum atomic E-state index is 13.3. The number of anilines is 1. The molecule has 2 amide bonds. The number of carbonyl (C=O) groups is 4. The standard InChI is InChI=1S/C30H21NO5/c1-19-14-16-20(17-15-19)26(32)27(21-8-3-2-4-9-21)36-30(35)22-10-7-11-23(18-22)31-28(33)24-12-5-6-13-25(24)29(31)34/h2-18,27H,1H3/t27-/m0/s1. The van der Waals surface area contributed by atoms with Crippen LogP contribution in [-0.2, 0) is 4.74 Å². The van der Waals surface area contributed by atoms with Crippen LogP contribution in [0, 0.1) is 6.92 Å². The van der Waals surface area contributed by atoms with E-state index in [-0.39, 0.29) is 17.0 Å². The predicted molar refractivity (Wildman–Crippen MR) is 134 cm³/mol. The summed E-state index contributed by atoms with van der Waals surface area (Å²) in [4.78, 5) is 53.3. The smallest absolute Gasteiger partial charge is 0.339 e. The Bertz CT molecular complexity index is 1460. The van der Waals surface area contributed by atoms with Gasteiger partial charge in [-0.25, -0.2) is 9.69 Å². The number of rotatable bonds is 6. The third-order valence-electron chi connectivity index (χ3n) is 6.04. The molecule has 4 aromatic carbocycles. The molecule has 36 heavy (non-hydrogen) atoms. The number of Topliss-reactive ketones (excluding diaryl/α,β-unsaturated/α-hetero) is 1. The predicted octanol–water partition coefficient (Wildman–Crippen LogP) is 5.58. The van der Waals surface area contributed by atoms with Crippen molar-refractivity contribution >= 4 is 29.3 Å². The van der Waals surface area contributed by atoms with Crippen LogP contribution in [0.2, 0.25) is 0 Å². The molecular formula is C30H21NO5. The Balaban J connectivity index is 1.44. The Morgan fingerprint density at radius 3 is 1.94 bits per heavy atom. The van der Waals surface area contributed by atoms with Crippen LogP contribution in [-0.4, -0.2) is 23.6 Å². The molecule has 5 rings (SSSR count). The summed E-state index contributed by atoms with van der Waals surface area (Å²) in [5.74, 6) is -2.02. The van der Waals surface area contributed by atoms with Crippen LogP contribution in [0.5, 0.6) is 0 Å². The number of aryl methyl sites for hydroxylation is 1. The number of hydrogen-bond acceptors (Lipinski definition) is 5. The van der Waals surface area contributed by atoms with Crippen LogP contribution in [0.1, 0.15) is 58.7 Å². The summed E-state index contributed by atoms with van der Waals surface area (Å²) in [5, 5.41) is 0. The fourth-order valence-electron chi connectivity index (χ4n) is 4.14. The van der Waals surface area contributed by atoms with E-state index in [2.05, 4.69) is 0 Å². The minimum absolute atomic E-state index is 0.113. The van der Waals surface area contributed by atoms with Gasteiger partial charge >= 0.3 is 5.97 Å². The van der Waals surface area contributed by atoms with Crippen molar-refractivity contribution in [3.8, 4) is 0 Å². The molecule has 6 heteroatoms. The first-order valence-corrected chi connectivity index (χ1v) is 11.4. The van der Waals surface area contributed by atoms with E-state index in [0.29, 0.717) is 22.3 Å². The lowest BCUT2D eigenvalue weighted by atomic mass is 9.99. The molecule has 6 nitrogen and oxygen atoms in total. The third-order valence-corrected chi connectivity index (χ3v) is 6.04. The first-order chi connectivity index (χ1) is 17.4. The SMILES string of the molecule is Cc1ccc(C(=O)[C@@H](OC(=O)c2cccc(N3C(=O)c4ccccc4C3=O)c2)c2ccccc2)cc1. The number of carbonyl (C=O) groups excluding carboxylic acids is 4. The van der Waals surface area contributed by atoms with Gasteiger partial charge in [0.05, 0.1) is 22.4 Å². The number of imide groups is 1. The van der Waals surface area contributed by atoms with E-state index in [1.165, 1.54) is 12.1 Å². The van der Waals surface area contributed by atoms with Gasteiger partial charge < -0.3 is 4.74 Å². The Morgan fingerprint density at radius 1 is 0.694 bits per heavy atom. The van der Waals surface area contributed by atoms with Crippen LogP contribution in [0.3, 0.4) is 0 Å². The van der Waals surface area contributed by atoms with E-state index < -0.39 is 23.9 Å². The number of hydrogen-bond donors (Lipinski definition) is 0. The van der Waals surface area contributed by atoms with Gasteiger partial charge in [-0.1, -0.05) is 78.4 Å². The summed E-state index contributed by atoms with van der Waals surface area (Å²) in [6.07, 6.45) is -1.16. The van der Waals surface area contributed by atoms with Crippen LogP contribution in [0.4, 0.5) is 5.69 Å². The number of nitrogens with zero attached hydrogens (tertiary/aromatic N) is 1. The minimum Gasteiger partial charge on any atom is -0.445 e. The van der Waals surface area contributed by atoms with Gasteiger partial charge in [0, 0.05) is 11.1 Å². The molecule has 0 N–H and O–H groups in total. The molecule has 0 bridgehead atoms. The van der Waals surface area contributed by atoms with Gasteiger partial charge in [-0.15, -0.1) is 0 Å². The molecule has 0 spiro atoms. The Labute approximate surface area is 207 Å². The lowest BCUT2D eigenvalue weighted by molar-refractivity contribution is 0.0280. The number of amides is 2. The number of fused-ring (bicyclic) bond motifs is 1. The van der Waals surface area contributed by atoms with Gasteiger partial charge in [-0.05, 0) is 37.3 Å². The van der Waals surface area contributed by atoms with Gasteiger partial charge in [0.15, 0.2) is 6.10 Å². The number of esters is 1. The summed E-state index contributed by atoms with van der Waals surface area (Å²) in [7, 11) is 0. The largest absolute Gasteiger partial charge is 0.445 e. The van der Waals surface area contributed by atoms with Crippen molar-refractivity contribution in [3.63, 3.8) is 0 Å². The van der Waals surface area contributed by atoms with Crippen LogP contribution < -0.4 is 4.90 Å². The highest BCUT2D eigenvalue weighted by atomic mass is 16.5. The fraction of sp³-hybridized carbons (Fsp3) is 0.0667. The second-order valence-corrected chi connectivity index (χ2v) is 8.47. The molecule has 1 aliphatic rings. The molecule has 0 aliphatic carbocycles. The van der Waals surface area contributed by atoms with E-state index in [0.717, 1.165) is 10.5 Å². The minimum atomic E-state index is -1.16. The van der Waals surface area contributed by atoms with Crippen molar-refractivity contribution < 1.29 is 23.9 Å². The fourth-order valence-corrected chi connectivity index (χ4v) is 4.14. The molecule has 1 atom stereocenters. The first kappa shape index (κ1) is 22.9. The zero-order chi connectivity index (χ0) is 25.2. The zero-order valence-electron chi connectivity index (χ0n) is 19.4. The highest BCUT2D eigenvalue weighted by molar-refractivity contribution is 6.34. The molecule has 4 aromatic rings. The number of benzene rings is 4. The summed E-state index contributed by atoms with van der Waals surface area (Å²) in [6, 6.07) is 28.5. The average molecular weight is 476 g/mol. The molecule has 176 valence electrons. The molecule has 0 unspecified atom stereocenters. The maximum absolute atomic E-state index is 13.3. The van der Waals surface area contributed by atoms with Gasteiger partial charge in [-0.3, -0.25) is 14.4 Å². The lowest BCUT2D eigenvalue weighted by Crippen LogP contribution is -2.29. The summed E-state index contributed by atoms with van der Waals surface area (Å²) >= 11 is 0. The summed E-state index contributed by atoms with van der Waals surface area (Å²) in [6.45, 7) is 1.92. The van der Waals surface area contributed by atoms with Crippen molar-refractivity contribution in [3.05, 3.63) is 137 Å². The summed E-state index contributed by atoms with van der Waals surface area (Å²) < 4.78 is 5.73.